The van der Waals surface area contributed by atoms with Crippen molar-refractivity contribution in [1.82, 2.24) is 4.90 Å². The summed E-state index contributed by atoms with van der Waals surface area (Å²) in [6.07, 6.45) is 0. The van der Waals surface area contributed by atoms with E-state index in [1.807, 2.05) is 13.8 Å². The lowest BCUT2D eigenvalue weighted by Gasteiger charge is -2.19. The normalized spacial score (nSPS) is 9.84. The third kappa shape index (κ3) is 3.61. The maximum atomic E-state index is 11.9. The van der Waals surface area contributed by atoms with E-state index in [9.17, 15) is 9.59 Å². The fourth-order valence-corrected chi connectivity index (χ4v) is 1.66. The van der Waals surface area contributed by atoms with Crippen LogP contribution in [0.25, 0.3) is 0 Å². The van der Waals surface area contributed by atoms with Crippen molar-refractivity contribution < 1.29 is 19.4 Å². The van der Waals surface area contributed by atoms with Gasteiger partial charge in [-0.1, -0.05) is 0 Å². The highest BCUT2D eigenvalue weighted by atomic mass is 16.5. The maximum absolute atomic E-state index is 11.9. The number of benzene rings is 1. The van der Waals surface area contributed by atoms with Gasteiger partial charge in [0.05, 0.1) is 7.11 Å². The number of anilines is 1. The Labute approximate surface area is 112 Å². The van der Waals surface area contributed by atoms with Crippen LogP contribution in [0.3, 0.4) is 0 Å². The number of ether oxygens (including phenoxy) is 1. The molecule has 0 fully saturated rings. The summed E-state index contributed by atoms with van der Waals surface area (Å²) in [5, 5.41) is 11.7. The van der Waals surface area contributed by atoms with E-state index in [2.05, 4.69) is 5.32 Å². The van der Waals surface area contributed by atoms with Crippen molar-refractivity contribution in [2.24, 2.45) is 0 Å². The van der Waals surface area contributed by atoms with Crippen LogP contribution in [-0.4, -0.2) is 42.2 Å². The van der Waals surface area contributed by atoms with Crippen LogP contribution >= 0.6 is 0 Å². The van der Waals surface area contributed by atoms with E-state index in [1.165, 1.54) is 25.3 Å². The van der Waals surface area contributed by atoms with Crippen molar-refractivity contribution in [3.63, 3.8) is 0 Å². The van der Waals surface area contributed by atoms with Crippen molar-refractivity contribution >= 4 is 17.7 Å². The molecule has 2 N–H and O–H groups in total. The van der Waals surface area contributed by atoms with Crippen LogP contribution < -0.4 is 10.1 Å². The summed E-state index contributed by atoms with van der Waals surface area (Å²) in [7, 11) is 1.39. The number of hydrogen-bond acceptors (Lipinski definition) is 3. The SMILES string of the molecule is CCN(CC)C(=O)Nc1ccc(C(=O)O)c(OC)c1. The summed E-state index contributed by atoms with van der Waals surface area (Å²) in [6, 6.07) is 4.20. The Morgan fingerprint density at radius 1 is 1.32 bits per heavy atom. The van der Waals surface area contributed by atoms with Gasteiger partial charge < -0.3 is 20.1 Å². The van der Waals surface area contributed by atoms with Crippen LogP contribution in [-0.2, 0) is 0 Å². The molecule has 1 aromatic carbocycles. The largest absolute Gasteiger partial charge is 0.496 e. The highest BCUT2D eigenvalue weighted by Gasteiger charge is 2.14. The third-order valence-electron chi connectivity index (χ3n) is 2.73. The zero-order chi connectivity index (χ0) is 14.4. The standard InChI is InChI=1S/C13H18N2O4/c1-4-15(5-2)13(18)14-9-6-7-10(12(16)17)11(8-9)19-3/h6-8H,4-5H2,1-3H3,(H,14,18)(H,16,17). The molecule has 6 nitrogen and oxygen atoms in total. The van der Waals surface area contributed by atoms with E-state index < -0.39 is 5.97 Å². The first-order chi connectivity index (χ1) is 9.03. The molecule has 6 heteroatoms. The van der Waals surface area contributed by atoms with Crippen molar-refractivity contribution in [3.05, 3.63) is 23.8 Å². The summed E-state index contributed by atoms with van der Waals surface area (Å²) in [4.78, 5) is 24.4. The summed E-state index contributed by atoms with van der Waals surface area (Å²) >= 11 is 0. The molecule has 0 radical (unpaired) electrons. The van der Waals surface area contributed by atoms with E-state index in [4.69, 9.17) is 9.84 Å². The van der Waals surface area contributed by atoms with Gasteiger partial charge in [-0.3, -0.25) is 0 Å². The molecule has 0 aliphatic heterocycles. The van der Waals surface area contributed by atoms with Gasteiger partial charge in [0.2, 0.25) is 0 Å². The number of rotatable bonds is 5. The van der Waals surface area contributed by atoms with Crippen molar-refractivity contribution in [2.45, 2.75) is 13.8 Å². The Balaban J connectivity index is 2.91. The summed E-state index contributed by atoms with van der Waals surface area (Å²) in [5.41, 5.74) is 0.557. The molecule has 19 heavy (non-hydrogen) atoms. The van der Waals surface area contributed by atoms with Gasteiger partial charge in [-0.15, -0.1) is 0 Å². The quantitative estimate of drug-likeness (QED) is 0.856. The van der Waals surface area contributed by atoms with Crippen molar-refractivity contribution in [2.75, 3.05) is 25.5 Å². The molecule has 0 aromatic heterocycles. The van der Waals surface area contributed by atoms with Crippen molar-refractivity contribution in [3.8, 4) is 5.75 Å². The summed E-state index contributed by atoms with van der Waals surface area (Å²) in [5.74, 6) is -0.858. The van der Waals surface area contributed by atoms with E-state index in [-0.39, 0.29) is 17.3 Å². The Hall–Kier alpha value is -2.24. The summed E-state index contributed by atoms with van der Waals surface area (Å²) < 4.78 is 5.00. The average molecular weight is 266 g/mol. The molecule has 0 saturated heterocycles. The molecule has 2 amide bonds. The topological polar surface area (TPSA) is 78.9 Å². The van der Waals surface area contributed by atoms with Gasteiger partial charge >= 0.3 is 12.0 Å². The molecule has 0 aliphatic carbocycles. The van der Waals surface area contributed by atoms with E-state index in [0.29, 0.717) is 18.8 Å². The fourth-order valence-electron chi connectivity index (χ4n) is 1.66. The minimum Gasteiger partial charge on any atom is -0.496 e. The number of carbonyl (C=O) groups excluding carboxylic acids is 1. The van der Waals surface area contributed by atoms with Crippen molar-refractivity contribution in [1.29, 1.82) is 0 Å². The fraction of sp³-hybridized carbons (Fsp3) is 0.385. The lowest BCUT2D eigenvalue weighted by Crippen LogP contribution is -2.34. The molecule has 0 heterocycles. The van der Waals surface area contributed by atoms with Gasteiger partial charge in [0.1, 0.15) is 11.3 Å². The smallest absolute Gasteiger partial charge is 0.339 e. The second-order valence-electron chi connectivity index (χ2n) is 3.82. The Morgan fingerprint density at radius 2 is 1.95 bits per heavy atom. The van der Waals surface area contributed by atoms with E-state index in [1.54, 1.807) is 4.90 Å². The number of methoxy groups -OCH3 is 1. The van der Waals surface area contributed by atoms with Crippen LogP contribution in [0, 0.1) is 0 Å². The first kappa shape index (κ1) is 14.8. The number of nitrogens with zero attached hydrogens (tertiary/aromatic N) is 1. The molecule has 1 aromatic rings. The van der Waals surface area contributed by atoms with E-state index >= 15 is 0 Å². The molecular formula is C13H18N2O4. The highest BCUT2D eigenvalue weighted by Crippen LogP contribution is 2.23. The molecular weight excluding hydrogens is 248 g/mol. The van der Waals surface area contributed by atoms with Gasteiger partial charge in [0, 0.05) is 24.8 Å². The molecule has 0 atom stereocenters. The number of carboxylic acid groups (broad SMARTS) is 1. The molecule has 0 saturated carbocycles. The molecule has 0 aliphatic rings. The first-order valence-electron chi connectivity index (χ1n) is 6.00. The van der Waals surface area contributed by atoms with Gasteiger partial charge in [-0.25, -0.2) is 9.59 Å². The number of nitrogens with one attached hydrogen (secondary N) is 1. The highest BCUT2D eigenvalue weighted by molar-refractivity contribution is 5.94. The number of carboxylic acids is 1. The third-order valence-corrected chi connectivity index (χ3v) is 2.73. The predicted octanol–water partition coefficient (Wildman–Crippen LogP) is 2.27. The minimum atomic E-state index is -1.07. The second-order valence-corrected chi connectivity index (χ2v) is 3.82. The van der Waals surface area contributed by atoms with Crippen LogP contribution in [0.5, 0.6) is 5.75 Å². The van der Waals surface area contributed by atoms with E-state index in [0.717, 1.165) is 0 Å². The molecule has 1 rings (SSSR count). The first-order valence-corrected chi connectivity index (χ1v) is 6.00. The predicted molar refractivity (Wildman–Crippen MR) is 71.9 cm³/mol. The van der Waals surface area contributed by atoms with Gasteiger partial charge in [-0.05, 0) is 26.0 Å². The monoisotopic (exact) mass is 266 g/mol. The number of carbonyl (C=O) groups is 2. The number of hydrogen-bond donors (Lipinski definition) is 2. The molecule has 0 bridgehead atoms. The number of aromatic carboxylic acids is 1. The van der Waals surface area contributed by atoms with Crippen LogP contribution in [0.15, 0.2) is 18.2 Å². The van der Waals surface area contributed by atoms with Crippen LogP contribution in [0.2, 0.25) is 0 Å². The maximum Gasteiger partial charge on any atom is 0.339 e. The van der Waals surface area contributed by atoms with Gasteiger partial charge in [-0.2, -0.15) is 0 Å². The molecule has 0 unspecified atom stereocenters. The number of urea groups is 1. The Morgan fingerprint density at radius 3 is 2.42 bits per heavy atom. The second kappa shape index (κ2) is 6.63. The van der Waals surface area contributed by atoms with Gasteiger partial charge in [0.15, 0.2) is 0 Å². The average Bonchev–Trinajstić information content (AvgIpc) is 2.39. The minimum absolute atomic E-state index is 0.0586. The lowest BCUT2D eigenvalue weighted by molar-refractivity contribution is 0.0693. The Bertz CT molecular complexity index is 470. The zero-order valence-corrected chi connectivity index (χ0v) is 11.3. The number of amides is 2. The Kier molecular flexibility index (Phi) is 5.17. The van der Waals surface area contributed by atoms with Crippen LogP contribution in [0.4, 0.5) is 10.5 Å². The zero-order valence-electron chi connectivity index (χ0n) is 11.3. The van der Waals surface area contributed by atoms with Crippen LogP contribution in [0.1, 0.15) is 24.2 Å². The molecule has 104 valence electrons. The summed E-state index contributed by atoms with van der Waals surface area (Å²) in [6.45, 7) is 4.98. The lowest BCUT2D eigenvalue weighted by atomic mass is 10.2. The molecule has 0 spiro atoms. The van der Waals surface area contributed by atoms with Gasteiger partial charge in [0.25, 0.3) is 0 Å².